The molecule has 2 atom stereocenters. The van der Waals surface area contributed by atoms with Crippen LogP contribution in [0.25, 0.3) is 0 Å². The number of aryl methyl sites for hydroxylation is 1. The molecule has 2 aromatic carbocycles. The van der Waals surface area contributed by atoms with Gasteiger partial charge < -0.3 is 9.80 Å². The fraction of sp³-hybridized carbons (Fsp3) is 0.400. The minimum atomic E-state index is 0.519. The number of rotatable bonds is 1. The van der Waals surface area contributed by atoms with E-state index in [0.29, 0.717) is 12.1 Å². The highest BCUT2D eigenvalue weighted by molar-refractivity contribution is 5.61. The molecule has 2 aliphatic rings. The molecular formula is C20H24N2. The van der Waals surface area contributed by atoms with E-state index in [4.69, 9.17) is 0 Å². The molecule has 0 spiro atoms. The molecule has 1 saturated heterocycles. The second kappa shape index (κ2) is 5.13. The molecule has 2 aliphatic heterocycles. The van der Waals surface area contributed by atoms with Crippen molar-refractivity contribution in [3.8, 4) is 0 Å². The molecule has 114 valence electrons. The number of para-hydroxylation sites is 1. The lowest BCUT2D eigenvalue weighted by Crippen LogP contribution is -2.31. The van der Waals surface area contributed by atoms with Gasteiger partial charge in [0.25, 0.3) is 0 Å². The van der Waals surface area contributed by atoms with Crippen LogP contribution in [0.5, 0.6) is 0 Å². The number of fused-ring (bicyclic) bond motifs is 5. The molecule has 0 aromatic heterocycles. The minimum absolute atomic E-state index is 0.519. The summed E-state index contributed by atoms with van der Waals surface area (Å²) in [5.74, 6) is 0. The zero-order valence-electron chi connectivity index (χ0n) is 13.7. The van der Waals surface area contributed by atoms with Crippen LogP contribution in [0.3, 0.4) is 0 Å². The molecule has 0 N–H and O–H groups in total. The lowest BCUT2D eigenvalue weighted by atomic mass is 9.93. The van der Waals surface area contributed by atoms with Crippen molar-refractivity contribution in [2.75, 3.05) is 25.5 Å². The van der Waals surface area contributed by atoms with Crippen LogP contribution in [0.2, 0.25) is 0 Å². The highest BCUT2D eigenvalue weighted by Gasteiger charge is 2.37. The first-order valence-electron chi connectivity index (χ1n) is 8.24. The zero-order valence-corrected chi connectivity index (χ0v) is 13.7. The van der Waals surface area contributed by atoms with E-state index in [1.807, 2.05) is 0 Å². The molecule has 4 rings (SSSR count). The Balaban J connectivity index is 1.88. The van der Waals surface area contributed by atoms with E-state index in [0.717, 1.165) is 13.0 Å². The Kier molecular flexibility index (Phi) is 3.23. The molecule has 2 unspecified atom stereocenters. The Hall–Kier alpha value is -1.80. The Labute approximate surface area is 133 Å². The third-order valence-electron chi connectivity index (χ3n) is 5.35. The van der Waals surface area contributed by atoms with Gasteiger partial charge in [-0.1, -0.05) is 42.0 Å². The van der Waals surface area contributed by atoms with Crippen LogP contribution in [0.1, 0.15) is 34.7 Å². The van der Waals surface area contributed by atoms with Crippen LogP contribution >= 0.6 is 0 Å². The van der Waals surface area contributed by atoms with Crippen molar-refractivity contribution in [3.63, 3.8) is 0 Å². The van der Waals surface area contributed by atoms with Crippen molar-refractivity contribution >= 4 is 5.69 Å². The van der Waals surface area contributed by atoms with Gasteiger partial charge >= 0.3 is 0 Å². The van der Waals surface area contributed by atoms with Crippen molar-refractivity contribution in [3.05, 3.63) is 64.7 Å². The summed E-state index contributed by atoms with van der Waals surface area (Å²) in [5, 5.41) is 0. The van der Waals surface area contributed by atoms with Crippen molar-refractivity contribution in [2.24, 2.45) is 0 Å². The van der Waals surface area contributed by atoms with Crippen molar-refractivity contribution < 1.29 is 0 Å². The topological polar surface area (TPSA) is 6.48 Å². The molecule has 22 heavy (non-hydrogen) atoms. The second-order valence-corrected chi connectivity index (χ2v) is 7.03. The Morgan fingerprint density at radius 3 is 2.68 bits per heavy atom. The molecule has 0 bridgehead atoms. The normalized spacial score (nSPS) is 23.0. The van der Waals surface area contributed by atoms with Gasteiger partial charge in [0.05, 0.1) is 6.04 Å². The van der Waals surface area contributed by atoms with E-state index >= 15 is 0 Å². The lowest BCUT2D eigenvalue weighted by molar-refractivity contribution is 0.310. The Bertz CT molecular complexity index is 705. The number of hydrogen-bond acceptors (Lipinski definition) is 2. The zero-order chi connectivity index (χ0) is 15.3. The number of anilines is 1. The summed E-state index contributed by atoms with van der Waals surface area (Å²) in [7, 11) is 4.42. The average molecular weight is 292 g/mol. The highest BCUT2D eigenvalue weighted by atomic mass is 15.3. The fourth-order valence-corrected chi connectivity index (χ4v) is 4.08. The second-order valence-electron chi connectivity index (χ2n) is 7.03. The fourth-order valence-electron chi connectivity index (χ4n) is 4.08. The van der Waals surface area contributed by atoms with Gasteiger partial charge in [-0.15, -0.1) is 0 Å². The van der Waals surface area contributed by atoms with Crippen LogP contribution in [0, 0.1) is 6.92 Å². The maximum Gasteiger partial charge on any atom is 0.0561 e. The van der Waals surface area contributed by atoms with Gasteiger partial charge in [-0.25, -0.2) is 0 Å². The Morgan fingerprint density at radius 2 is 1.86 bits per heavy atom. The molecule has 0 amide bonds. The number of likely N-dealkylation sites (N-methyl/N-ethyl adjacent to an activating group) is 1. The van der Waals surface area contributed by atoms with E-state index in [-0.39, 0.29) is 0 Å². The lowest BCUT2D eigenvalue weighted by Gasteiger charge is -2.27. The van der Waals surface area contributed by atoms with Gasteiger partial charge in [-0.2, -0.15) is 0 Å². The smallest absolute Gasteiger partial charge is 0.0561 e. The summed E-state index contributed by atoms with van der Waals surface area (Å²) < 4.78 is 0. The number of nitrogens with zero attached hydrogens (tertiary/aromatic N) is 2. The molecule has 2 aromatic rings. The molecule has 2 heteroatoms. The third-order valence-corrected chi connectivity index (χ3v) is 5.35. The first-order valence-corrected chi connectivity index (χ1v) is 8.24. The molecule has 0 aliphatic carbocycles. The molecular weight excluding hydrogens is 268 g/mol. The van der Waals surface area contributed by atoms with Gasteiger partial charge in [-0.05, 0) is 56.6 Å². The third kappa shape index (κ3) is 2.14. The molecule has 0 radical (unpaired) electrons. The van der Waals surface area contributed by atoms with Gasteiger partial charge in [0, 0.05) is 18.3 Å². The summed E-state index contributed by atoms with van der Waals surface area (Å²) in [4.78, 5) is 5.03. The monoisotopic (exact) mass is 292 g/mol. The summed E-state index contributed by atoms with van der Waals surface area (Å²) in [6.45, 7) is 3.34. The minimum Gasteiger partial charge on any atom is -0.363 e. The maximum absolute atomic E-state index is 2.64. The van der Waals surface area contributed by atoms with E-state index in [1.54, 1.807) is 5.56 Å². The molecule has 0 saturated carbocycles. The van der Waals surface area contributed by atoms with Crippen LogP contribution < -0.4 is 4.90 Å². The Morgan fingerprint density at radius 1 is 1.05 bits per heavy atom. The average Bonchev–Trinajstić information content (AvgIpc) is 2.90. The van der Waals surface area contributed by atoms with Gasteiger partial charge in [0.15, 0.2) is 0 Å². The first-order chi connectivity index (χ1) is 10.6. The molecule has 1 fully saturated rings. The summed E-state index contributed by atoms with van der Waals surface area (Å²) in [5.41, 5.74) is 7.32. The summed E-state index contributed by atoms with van der Waals surface area (Å²) >= 11 is 0. The van der Waals surface area contributed by atoms with Crippen molar-refractivity contribution in [1.82, 2.24) is 4.90 Å². The predicted octanol–water partition coefficient (Wildman–Crippen LogP) is 3.78. The van der Waals surface area contributed by atoms with E-state index < -0.39 is 0 Å². The predicted molar refractivity (Wildman–Crippen MR) is 92.6 cm³/mol. The summed E-state index contributed by atoms with van der Waals surface area (Å²) in [6.07, 6.45) is 2.28. The van der Waals surface area contributed by atoms with E-state index in [2.05, 4.69) is 73.3 Å². The van der Waals surface area contributed by atoms with Crippen LogP contribution in [-0.4, -0.2) is 31.6 Å². The van der Waals surface area contributed by atoms with Crippen molar-refractivity contribution in [1.29, 1.82) is 0 Å². The van der Waals surface area contributed by atoms with Gasteiger partial charge in [0.2, 0.25) is 0 Å². The SMILES string of the molecule is Cc1ccc2c(c1)C1CC(N(C)C)CN1c1ccccc1C2. The van der Waals surface area contributed by atoms with E-state index in [9.17, 15) is 0 Å². The van der Waals surface area contributed by atoms with Crippen molar-refractivity contribution in [2.45, 2.75) is 31.8 Å². The number of hydrogen-bond donors (Lipinski definition) is 0. The van der Waals surface area contributed by atoms with Crippen LogP contribution in [0.4, 0.5) is 5.69 Å². The molecule has 2 nitrogen and oxygen atoms in total. The van der Waals surface area contributed by atoms with Crippen LogP contribution in [-0.2, 0) is 6.42 Å². The quantitative estimate of drug-likeness (QED) is 0.789. The van der Waals surface area contributed by atoms with Gasteiger partial charge in [-0.3, -0.25) is 0 Å². The molecule has 2 heterocycles. The largest absolute Gasteiger partial charge is 0.363 e. The summed E-state index contributed by atoms with van der Waals surface area (Å²) in [6, 6.07) is 17.1. The van der Waals surface area contributed by atoms with Crippen LogP contribution in [0.15, 0.2) is 42.5 Å². The van der Waals surface area contributed by atoms with Gasteiger partial charge in [0.1, 0.15) is 0 Å². The highest BCUT2D eigenvalue weighted by Crippen LogP contribution is 2.43. The first kappa shape index (κ1) is 13.8. The number of benzene rings is 2. The van der Waals surface area contributed by atoms with E-state index in [1.165, 1.54) is 28.8 Å². The maximum atomic E-state index is 2.64. The standard InChI is InChI=1S/C20H24N2/c1-14-8-9-15-11-16-6-4-5-7-19(16)22-13-17(21(2)3)12-20(22)18(15)10-14/h4-10,17,20H,11-13H2,1-3H3.